The first-order valence-corrected chi connectivity index (χ1v) is 20.3. The highest BCUT2D eigenvalue weighted by Gasteiger charge is 2.51. The molecule has 306 valence electrons. The number of aromatic hydroxyl groups is 1. The molecule has 7 rings (SSSR count). The Bertz CT molecular complexity index is 2110. The van der Waals surface area contributed by atoms with Crippen LogP contribution in [0.3, 0.4) is 0 Å². The fourth-order valence-electron chi connectivity index (χ4n) is 8.78. The van der Waals surface area contributed by atoms with Crippen molar-refractivity contribution < 1.29 is 24.3 Å². The van der Waals surface area contributed by atoms with Gasteiger partial charge in [0, 0.05) is 70.7 Å². The number of phenols is 1. The van der Waals surface area contributed by atoms with E-state index in [9.17, 15) is 24.3 Å². The maximum Gasteiger partial charge on any atom is 0.256 e. The number of hydrogen-bond acceptors (Lipinski definition) is 8. The summed E-state index contributed by atoms with van der Waals surface area (Å²) in [6, 6.07) is 21.5. The molecule has 13 nitrogen and oxygen atoms in total. The Labute approximate surface area is 341 Å². The molecule has 1 aromatic heterocycles. The molecule has 0 radical (unpaired) electrons. The van der Waals surface area contributed by atoms with Crippen LogP contribution in [0.2, 0.25) is 0 Å². The highest BCUT2D eigenvalue weighted by Crippen LogP contribution is 2.32. The monoisotopic (exact) mass is 788 g/mol. The lowest BCUT2D eigenvalue weighted by molar-refractivity contribution is -0.205. The van der Waals surface area contributed by atoms with Crippen molar-refractivity contribution in [1.29, 1.82) is 0 Å². The van der Waals surface area contributed by atoms with Gasteiger partial charge in [-0.15, -0.1) is 6.58 Å². The van der Waals surface area contributed by atoms with E-state index in [0.29, 0.717) is 25.1 Å². The summed E-state index contributed by atoms with van der Waals surface area (Å²) in [5.41, 5.74) is 4.18. The molecule has 3 aliphatic rings. The second kappa shape index (κ2) is 18.0. The lowest BCUT2D eigenvalue weighted by Gasteiger charge is -2.55. The molecule has 3 fully saturated rings. The third-order valence-corrected chi connectivity index (χ3v) is 11.7. The van der Waals surface area contributed by atoms with E-state index in [1.165, 1.54) is 0 Å². The molecule has 13 heteroatoms. The van der Waals surface area contributed by atoms with Gasteiger partial charge in [0.05, 0.1) is 24.2 Å². The van der Waals surface area contributed by atoms with E-state index in [4.69, 9.17) is 0 Å². The molecule has 58 heavy (non-hydrogen) atoms. The summed E-state index contributed by atoms with van der Waals surface area (Å²) in [6.07, 6.45) is 4.88. The predicted molar refractivity (Wildman–Crippen MR) is 223 cm³/mol. The summed E-state index contributed by atoms with van der Waals surface area (Å²) in [4.78, 5) is 67.1. The van der Waals surface area contributed by atoms with E-state index < -0.39 is 12.2 Å². The first kappa shape index (κ1) is 40.7. The summed E-state index contributed by atoms with van der Waals surface area (Å²) >= 11 is 0. The van der Waals surface area contributed by atoms with Gasteiger partial charge in [-0.3, -0.25) is 24.1 Å². The van der Waals surface area contributed by atoms with Crippen molar-refractivity contribution >= 4 is 34.5 Å². The molecule has 4 aromatic rings. The SMILES string of the molecule is C=CCN1CC(=O)N2[C@@H](Cc3ccc(O)cc3)C(=O)N(Cc3cccc4c(C(=O)N5CCN(CCCN(C)C)CC5)cn(C)c34)C[C@@H]2N1C(=O)CCc1ccccc1. The number of carbonyl (C=O) groups is 4. The first-order chi connectivity index (χ1) is 28.0. The van der Waals surface area contributed by atoms with Crippen molar-refractivity contribution in [2.24, 2.45) is 7.05 Å². The zero-order valence-electron chi connectivity index (χ0n) is 34.0. The number of benzene rings is 3. The maximum atomic E-state index is 14.7. The minimum absolute atomic E-state index is 0.00188. The molecule has 0 unspecified atom stereocenters. The fraction of sp³-hybridized carbons (Fsp3) is 0.422. The van der Waals surface area contributed by atoms with Crippen LogP contribution < -0.4 is 0 Å². The summed E-state index contributed by atoms with van der Waals surface area (Å²) in [5, 5.41) is 14.3. The standard InChI is InChI=1S/C45H56N8O5/c1-5-21-51-32-42(56)52-39(28-34-15-18-36(54)19-16-34)45(58)50(31-40(52)53(51)41(55)20-17-33-11-7-6-8-12-33)29-35-13-9-14-37-38(30-47(4)43(35)37)44(57)49-26-24-48(25-27-49)23-10-22-46(2)3/h5-9,11-16,18-19,30,39-40,54H,1,10,17,20-29,31-32H2,2-4H3/t39-,40-/m0/s1. The van der Waals surface area contributed by atoms with Gasteiger partial charge >= 0.3 is 0 Å². The minimum atomic E-state index is -0.891. The zero-order valence-corrected chi connectivity index (χ0v) is 34.0. The number of nitrogens with zero attached hydrogens (tertiary/aromatic N) is 8. The van der Waals surface area contributed by atoms with Gasteiger partial charge in [-0.1, -0.05) is 66.7 Å². The van der Waals surface area contributed by atoms with Gasteiger partial charge in [0.1, 0.15) is 18.0 Å². The van der Waals surface area contributed by atoms with Gasteiger partial charge in [0.15, 0.2) is 0 Å². The van der Waals surface area contributed by atoms with Crippen LogP contribution in [0.4, 0.5) is 0 Å². The number of hydrazine groups is 1. The topological polar surface area (TPSA) is 116 Å². The molecule has 2 atom stereocenters. The highest BCUT2D eigenvalue weighted by molar-refractivity contribution is 6.07. The Morgan fingerprint density at radius 1 is 0.931 bits per heavy atom. The third-order valence-electron chi connectivity index (χ3n) is 11.7. The van der Waals surface area contributed by atoms with Gasteiger partial charge in [-0.25, -0.2) is 10.0 Å². The Hall–Kier alpha value is -5.50. The molecule has 0 aliphatic carbocycles. The zero-order chi connectivity index (χ0) is 40.9. The summed E-state index contributed by atoms with van der Waals surface area (Å²) in [6.45, 7) is 9.52. The van der Waals surface area contributed by atoms with Crippen LogP contribution in [0.25, 0.3) is 10.9 Å². The van der Waals surface area contributed by atoms with Gasteiger partial charge < -0.3 is 29.3 Å². The van der Waals surface area contributed by atoms with E-state index in [2.05, 4.69) is 30.5 Å². The summed E-state index contributed by atoms with van der Waals surface area (Å²) in [7, 11) is 6.10. The Balaban J connectivity index is 1.17. The number of para-hydroxylation sites is 1. The Kier molecular flexibility index (Phi) is 12.6. The van der Waals surface area contributed by atoms with Crippen molar-refractivity contribution in [1.82, 2.24) is 39.1 Å². The molecular weight excluding hydrogens is 733 g/mol. The average molecular weight is 789 g/mol. The molecule has 4 heterocycles. The van der Waals surface area contributed by atoms with Crippen molar-refractivity contribution in [3.05, 3.63) is 114 Å². The molecule has 0 bridgehead atoms. The van der Waals surface area contributed by atoms with Crippen LogP contribution in [0, 0.1) is 0 Å². The molecule has 0 spiro atoms. The Morgan fingerprint density at radius 2 is 1.67 bits per heavy atom. The number of amides is 4. The van der Waals surface area contributed by atoms with Crippen molar-refractivity contribution in [3.8, 4) is 5.75 Å². The minimum Gasteiger partial charge on any atom is -0.508 e. The average Bonchev–Trinajstić information content (AvgIpc) is 3.56. The van der Waals surface area contributed by atoms with Gasteiger partial charge in [0.2, 0.25) is 17.7 Å². The molecule has 4 amide bonds. The Morgan fingerprint density at radius 3 is 2.38 bits per heavy atom. The quantitative estimate of drug-likeness (QED) is 0.193. The fourth-order valence-corrected chi connectivity index (χ4v) is 8.78. The number of fused-ring (bicyclic) bond motifs is 2. The molecule has 3 aliphatic heterocycles. The van der Waals surface area contributed by atoms with Crippen LogP contribution in [0.1, 0.15) is 39.9 Å². The van der Waals surface area contributed by atoms with Crippen molar-refractivity contribution in [2.75, 3.05) is 73.0 Å². The summed E-state index contributed by atoms with van der Waals surface area (Å²) in [5.74, 6) is -0.501. The highest BCUT2D eigenvalue weighted by atomic mass is 16.3. The van der Waals surface area contributed by atoms with Gasteiger partial charge in [0.25, 0.3) is 5.91 Å². The third kappa shape index (κ3) is 8.81. The second-order valence-corrected chi connectivity index (χ2v) is 16.0. The lowest BCUT2D eigenvalue weighted by atomic mass is 9.97. The van der Waals surface area contributed by atoms with E-state index in [0.717, 1.165) is 60.2 Å². The van der Waals surface area contributed by atoms with Gasteiger partial charge in [-0.05, 0) is 68.8 Å². The first-order valence-electron chi connectivity index (χ1n) is 20.3. The van der Waals surface area contributed by atoms with Crippen LogP contribution >= 0.6 is 0 Å². The lowest BCUT2D eigenvalue weighted by Crippen LogP contribution is -2.75. The van der Waals surface area contributed by atoms with Crippen molar-refractivity contribution in [2.45, 2.75) is 44.4 Å². The smallest absolute Gasteiger partial charge is 0.256 e. The summed E-state index contributed by atoms with van der Waals surface area (Å²) < 4.78 is 1.97. The molecule has 0 saturated carbocycles. The number of piperazine rings is 2. The molecular formula is C45H56N8O5. The number of hydrogen-bond donors (Lipinski definition) is 1. The van der Waals surface area contributed by atoms with E-state index in [1.54, 1.807) is 50.2 Å². The van der Waals surface area contributed by atoms with Crippen LogP contribution in [0.15, 0.2) is 91.6 Å². The van der Waals surface area contributed by atoms with E-state index in [-0.39, 0.29) is 68.4 Å². The van der Waals surface area contributed by atoms with Gasteiger partial charge in [-0.2, -0.15) is 0 Å². The molecule has 3 saturated heterocycles. The molecule has 3 aromatic carbocycles. The number of aryl methyl sites for hydroxylation is 2. The van der Waals surface area contributed by atoms with E-state index in [1.807, 2.05) is 71.2 Å². The molecule has 1 N–H and O–H groups in total. The largest absolute Gasteiger partial charge is 0.508 e. The van der Waals surface area contributed by atoms with Crippen molar-refractivity contribution in [3.63, 3.8) is 0 Å². The predicted octanol–water partition coefficient (Wildman–Crippen LogP) is 3.58. The normalized spacial score (nSPS) is 19.3. The van der Waals surface area contributed by atoms with Crippen LogP contribution in [-0.2, 0) is 40.8 Å². The maximum absolute atomic E-state index is 14.7. The number of carbonyl (C=O) groups excluding carboxylic acids is 4. The van der Waals surface area contributed by atoms with Crippen LogP contribution in [-0.4, -0.2) is 153 Å². The number of rotatable bonds is 14. The number of aromatic nitrogens is 1. The van der Waals surface area contributed by atoms with E-state index >= 15 is 0 Å². The van der Waals surface area contributed by atoms with Crippen LogP contribution in [0.5, 0.6) is 5.75 Å². The second-order valence-electron chi connectivity index (χ2n) is 16.0. The number of phenolic OH excluding ortho intramolecular Hbond substituents is 1.